The number of hydrogen-bond donors (Lipinski definition) is 1. The fraction of sp³-hybridized carbons (Fsp3) is 0.200. The summed E-state index contributed by atoms with van der Waals surface area (Å²) in [5.41, 5.74) is 1.43. The molecule has 0 amide bonds. The van der Waals surface area contributed by atoms with Crippen LogP contribution in [0.4, 0.5) is 0 Å². The molecular weight excluding hydrogens is 311 g/mol. The van der Waals surface area contributed by atoms with Crippen LogP contribution >= 0.6 is 46.6 Å². The molecule has 0 radical (unpaired) electrons. The van der Waals surface area contributed by atoms with Gasteiger partial charge in [0.05, 0.1) is 0 Å². The Hall–Kier alpha value is 0.260. The SMILES string of the molecule is CCc1ccc(S)c2scc(I)c12. The van der Waals surface area contributed by atoms with Crippen molar-refractivity contribution < 1.29 is 0 Å². The van der Waals surface area contributed by atoms with Gasteiger partial charge in [0.25, 0.3) is 0 Å². The van der Waals surface area contributed by atoms with Crippen LogP contribution < -0.4 is 0 Å². The second-order valence-corrected chi connectivity index (χ2v) is 5.41. The highest BCUT2D eigenvalue weighted by molar-refractivity contribution is 14.1. The molecule has 0 unspecified atom stereocenters. The van der Waals surface area contributed by atoms with Crippen molar-refractivity contribution in [1.29, 1.82) is 0 Å². The van der Waals surface area contributed by atoms with E-state index >= 15 is 0 Å². The summed E-state index contributed by atoms with van der Waals surface area (Å²) < 4.78 is 2.68. The van der Waals surface area contributed by atoms with Gasteiger partial charge < -0.3 is 0 Å². The molecule has 68 valence electrons. The maximum Gasteiger partial charge on any atom is 0.0489 e. The quantitative estimate of drug-likeness (QED) is 0.586. The summed E-state index contributed by atoms with van der Waals surface area (Å²) in [6, 6.07) is 4.27. The third-order valence-corrected chi connectivity index (χ3v) is 4.93. The largest absolute Gasteiger partial charge is 0.142 e. The van der Waals surface area contributed by atoms with Gasteiger partial charge in [0.2, 0.25) is 0 Å². The molecule has 0 saturated carbocycles. The molecule has 1 heterocycles. The summed E-state index contributed by atoms with van der Waals surface area (Å²) in [5, 5.41) is 3.60. The topological polar surface area (TPSA) is 0 Å². The molecule has 0 N–H and O–H groups in total. The van der Waals surface area contributed by atoms with Crippen molar-refractivity contribution in [3.63, 3.8) is 0 Å². The molecule has 0 aliphatic carbocycles. The Balaban J connectivity index is 2.88. The van der Waals surface area contributed by atoms with Gasteiger partial charge in [0.15, 0.2) is 0 Å². The molecule has 0 atom stereocenters. The molecule has 2 rings (SSSR count). The maximum atomic E-state index is 4.46. The van der Waals surface area contributed by atoms with Gasteiger partial charge in [0, 0.05) is 23.9 Å². The zero-order chi connectivity index (χ0) is 9.42. The Morgan fingerprint density at radius 2 is 2.23 bits per heavy atom. The number of aryl methyl sites for hydroxylation is 1. The van der Waals surface area contributed by atoms with Gasteiger partial charge in [0.1, 0.15) is 0 Å². The highest BCUT2D eigenvalue weighted by Crippen LogP contribution is 2.34. The van der Waals surface area contributed by atoms with E-state index in [0.29, 0.717) is 0 Å². The van der Waals surface area contributed by atoms with Gasteiger partial charge in [-0.3, -0.25) is 0 Å². The van der Waals surface area contributed by atoms with E-state index in [0.717, 1.165) is 11.3 Å². The van der Waals surface area contributed by atoms with Gasteiger partial charge in [-0.2, -0.15) is 0 Å². The van der Waals surface area contributed by atoms with Crippen LogP contribution in [0.25, 0.3) is 10.1 Å². The third kappa shape index (κ3) is 1.62. The zero-order valence-corrected chi connectivity index (χ0v) is 11.0. The molecule has 13 heavy (non-hydrogen) atoms. The molecule has 1 aromatic carbocycles. The number of hydrogen-bond acceptors (Lipinski definition) is 2. The molecule has 3 heteroatoms. The highest BCUT2D eigenvalue weighted by atomic mass is 127. The number of rotatable bonds is 1. The third-order valence-electron chi connectivity index (χ3n) is 2.12. The smallest absolute Gasteiger partial charge is 0.0489 e. The lowest BCUT2D eigenvalue weighted by Crippen LogP contribution is -1.82. The van der Waals surface area contributed by atoms with Crippen LogP contribution in [0.1, 0.15) is 12.5 Å². The Labute approximate surface area is 101 Å². The Kier molecular flexibility index (Phi) is 2.86. The van der Waals surface area contributed by atoms with Gasteiger partial charge in [-0.05, 0) is 40.6 Å². The van der Waals surface area contributed by atoms with Crippen LogP contribution in [0.5, 0.6) is 0 Å². The number of halogens is 1. The van der Waals surface area contributed by atoms with Gasteiger partial charge >= 0.3 is 0 Å². The first-order chi connectivity index (χ1) is 6.24. The molecule has 0 saturated heterocycles. The summed E-state index contributed by atoms with van der Waals surface area (Å²) in [7, 11) is 0. The van der Waals surface area contributed by atoms with E-state index < -0.39 is 0 Å². The van der Waals surface area contributed by atoms with Crippen molar-refractivity contribution in [1.82, 2.24) is 0 Å². The normalized spacial score (nSPS) is 11.0. The molecule has 0 fully saturated rings. The number of benzene rings is 1. The first-order valence-electron chi connectivity index (χ1n) is 4.11. The van der Waals surface area contributed by atoms with Gasteiger partial charge in [-0.15, -0.1) is 24.0 Å². The summed E-state index contributed by atoms with van der Waals surface area (Å²) in [5.74, 6) is 0. The molecule has 0 aliphatic rings. The van der Waals surface area contributed by atoms with Crippen molar-refractivity contribution in [3.8, 4) is 0 Å². The lowest BCUT2D eigenvalue weighted by molar-refractivity contribution is 1.16. The van der Waals surface area contributed by atoms with Crippen LogP contribution in [0.2, 0.25) is 0 Å². The Morgan fingerprint density at radius 1 is 1.46 bits per heavy atom. The second kappa shape index (κ2) is 3.79. The predicted molar refractivity (Wildman–Crippen MR) is 71.2 cm³/mol. The van der Waals surface area contributed by atoms with E-state index in [4.69, 9.17) is 0 Å². The fourth-order valence-electron chi connectivity index (χ4n) is 1.46. The van der Waals surface area contributed by atoms with Crippen molar-refractivity contribution in [3.05, 3.63) is 26.6 Å². The van der Waals surface area contributed by atoms with E-state index in [1.165, 1.54) is 19.2 Å². The average Bonchev–Trinajstić information content (AvgIpc) is 2.51. The number of thiophene rings is 1. The van der Waals surface area contributed by atoms with E-state index in [1.807, 2.05) is 0 Å². The molecule has 0 aliphatic heterocycles. The summed E-state index contributed by atoms with van der Waals surface area (Å²) in [6.07, 6.45) is 1.09. The first kappa shape index (κ1) is 9.80. The van der Waals surface area contributed by atoms with E-state index in [2.05, 4.69) is 59.7 Å². The van der Waals surface area contributed by atoms with Crippen LogP contribution in [-0.4, -0.2) is 0 Å². The standard InChI is InChI=1S/C10H9IS2/c1-2-6-3-4-8(12)10-9(6)7(11)5-13-10/h3-5,12H,2H2,1H3. The monoisotopic (exact) mass is 320 g/mol. The molecule has 2 aromatic rings. The van der Waals surface area contributed by atoms with Crippen LogP contribution in [0.3, 0.4) is 0 Å². The molecule has 0 bridgehead atoms. The molecular formula is C10H9IS2. The van der Waals surface area contributed by atoms with Crippen LogP contribution in [0.15, 0.2) is 22.4 Å². The number of fused-ring (bicyclic) bond motifs is 1. The molecule has 0 nitrogen and oxygen atoms in total. The predicted octanol–water partition coefficient (Wildman–Crippen LogP) is 4.36. The summed E-state index contributed by atoms with van der Waals surface area (Å²) in [6.45, 7) is 2.20. The fourth-order valence-corrected chi connectivity index (χ4v) is 3.87. The average molecular weight is 320 g/mol. The molecule has 1 aromatic heterocycles. The van der Waals surface area contributed by atoms with Gasteiger partial charge in [-0.1, -0.05) is 13.0 Å². The van der Waals surface area contributed by atoms with E-state index in [-0.39, 0.29) is 0 Å². The lowest BCUT2D eigenvalue weighted by atomic mass is 10.1. The zero-order valence-electron chi connectivity index (χ0n) is 7.17. The van der Waals surface area contributed by atoms with E-state index in [1.54, 1.807) is 11.3 Å². The van der Waals surface area contributed by atoms with Crippen molar-refractivity contribution in [2.45, 2.75) is 18.2 Å². The molecule has 0 spiro atoms. The van der Waals surface area contributed by atoms with Crippen LogP contribution in [-0.2, 0) is 6.42 Å². The van der Waals surface area contributed by atoms with Crippen molar-refractivity contribution in [2.24, 2.45) is 0 Å². The second-order valence-electron chi connectivity index (χ2n) is 2.89. The Bertz CT molecular complexity index is 445. The lowest BCUT2D eigenvalue weighted by Gasteiger charge is -2.02. The van der Waals surface area contributed by atoms with E-state index in [9.17, 15) is 0 Å². The Morgan fingerprint density at radius 3 is 2.92 bits per heavy atom. The van der Waals surface area contributed by atoms with Crippen molar-refractivity contribution in [2.75, 3.05) is 0 Å². The van der Waals surface area contributed by atoms with Crippen molar-refractivity contribution >= 4 is 56.6 Å². The highest BCUT2D eigenvalue weighted by Gasteiger charge is 2.07. The minimum Gasteiger partial charge on any atom is -0.142 e. The number of thiol groups is 1. The summed E-state index contributed by atoms with van der Waals surface area (Å²) >= 11 is 8.64. The minimum atomic E-state index is 1.09. The summed E-state index contributed by atoms with van der Waals surface area (Å²) in [4.78, 5) is 1.10. The van der Waals surface area contributed by atoms with Crippen LogP contribution in [0, 0.1) is 3.57 Å². The van der Waals surface area contributed by atoms with Gasteiger partial charge in [-0.25, -0.2) is 0 Å². The first-order valence-corrected chi connectivity index (χ1v) is 6.52. The maximum absolute atomic E-state index is 4.46. The minimum absolute atomic E-state index is 1.09.